The third kappa shape index (κ3) is 3.06. The molecule has 8 heteroatoms. The molecule has 1 N–H and O–H groups in total. The van der Waals surface area contributed by atoms with E-state index in [1.54, 1.807) is 12.3 Å². The summed E-state index contributed by atoms with van der Waals surface area (Å²) in [6.07, 6.45) is 0. The number of rotatable bonds is 4. The van der Waals surface area contributed by atoms with E-state index in [4.69, 9.17) is 4.52 Å². The van der Waals surface area contributed by atoms with Gasteiger partial charge in [-0.25, -0.2) is 13.1 Å². The van der Waals surface area contributed by atoms with Crippen LogP contribution in [-0.4, -0.2) is 13.6 Å². The van der Waals surface area contributed by atoms with Gasteiger partial charge in [-0.3, -0.25) is 0 Å². The quantitative estimate of drug-likeness (QED) is 0.680. The van der Waals surface area contributed by atoms with Crippen LogP contribution in [0, 0.1) is 13.8 Å². The zero-order valence-corrected chi connectivity index (χ0v) is 15.5. The van der Waals surface area contributed by atoms with Gasteiger partial charge in [0.15, 0.2) is 0 Å². The molecular weight excluding hydrogens is 400 g/mol. The van der Waals surface area contributed by atoms with Gasteiger partial charge in [0.05, 0.1) is 5.69 Å². The summed E-state index contributed by atoms with van der Waals surface area (Å²) < 4.78 is 33.6. The Morgan fingerprint density at radius 1 is 1.17 bits per heavy atom. The van der Waals surface area contributed by atoms with Crippen LogP contribution in [0.5, 0.6) is 0 Å². The molecule has 3 aromatic rings. The van der Waals surface area contributed by atoms with E-state index in [1.165, 1.54) is 0 Å². The summed E-state index contributed by atoms with van der Waals surface area (Å²) in [5, 5.41) is 5.49. The summed E-state index contributed by atoms with van der Waals surface area (Å²) in [7, 11) is -3.77. The predicted molar refractivity (Wildman–Crippen MR) is 94.2 cm³/mol. The number of halogens is 1. The van der Waals surface area contributed by atoms with Gasteiger partial charge in [0, 0.05) is 5.56 Å². The Morgan fingerprint density at radius 2 is 1.91 bits per heavy atom. The molecule has 1 aromatic carbocycles. The molecule has 0 amide bonds. The topological polar surface area (TPSA) is 72.2 Å². The van der Waals surface area contributed by atoms with Crippen molar-refractivity contribution in [2.24, 2.45) is 0 Å². The Kier molecular flexibility index (Phi) is 4.31. The smallest absolute Gasteiger partial charge is 0.274 e. The molecule has 0 aliphatic rings. The summed E-state index contributed by atoms with van der Waals surface area (Å²) in [4.78, 5) is 0. The Balaban J connectivity index is 2.04. The number of benzene rings is 1. The first-order valence-electron chi connectivity index (χ1n) is 6.68. The van der Waals surface area contributed by atoms with Gasteiger partial charge in [0.25, 0.3) is 15.9 Å². The van der Waals surface area contributed by atoms with Gasteiger partial charge >= 0.3 is 0 Å². The molecule has 2 heterocycles. The molecule has 0 unspecified atom stereocenters. The molecule has 5 nitrogen and oxygen atoms in total. The second-order valence-electron chi connectivity index (χ2n) is 4.95. The third-order valence-corrected chi connectivity index (χ3v) is 7.08. The normalized spacial score (nSPS) is 11.6. The van der Waals surface area contributed by atoms with Gasteiger partial charge in [-0.15, -0.1) is 11.3 Å². The van der Waals surface area contributed by atoms with Crippen LogP contribution in [0.3, 0.4) is 0 Å². The number of nitrogens with one attached hydrogen (secondary N) is 1. The summed E-state index contributed by atoms with van der Waals surface area (Å²) in [6, 6.07) is 9.48. The van der Waals surface area contributed by atoms with E-state index in [-0.39, 0.29) is 10.1 Å². The van der Waals surface area contributed by atoms with E-state index in [0.717, 1.165) is 22.5 Å². The molecular formula is C15H13BrN2O3S2. The van der Waals surface area contributed by atoms with Gasteiger partial charge in [-0.2, -0.15) is 0 Å². The van der Waals surface area contributed by atoms with Crippen LogP contribution in [0.15, 0.2) is 48.9 Å². The largest absolute Gasteiger partial charge is 0.336 e. The van der Waals surface area contributed by atoms with Crippen LogP contribution in [0.2, 0.25) is 0 Å². The van der Waals surface area contributed by atoms with Crippen molar-refractivity contribution in [3.8, 4) is 11.1 Å². The van der Waals surface area contributed by atoms with Crippen molar-refractivity contribution in [2.45, 2.75) is 18.1 Å². The molecule has 3 rings (SSSR count). The second-order valence-corrected chi connectivity index (χ2v) is 8.54. The van der Waals surface area contributed by atoms with E-state index in [1.807, 2.05) is 37.3 Å². The van der Waals surface area contributed by atoms with E-state index in [0.29, 0.717) is 15.7 Å². The number of thiophene rings is 1. The lowest BCUT2D eigenvalue weighted by molar-refractivity contribution is 0.430. The molecule has 120 valence electrons. The average molecular weight is 413 g/mol. The highest BCUT2D eigenvalue weighted by Gasteiger charge is 2.25. The van der Waals surface area contributed by atoms with Crippen LogP contribution >= 0.6 is 27.3 Å². The maximum Gasteiger partial charge on any atom is 0.274 e. The van der Waals surface area contributed by atoms with Gasteiger partial charge < -0.3 is 4.52 Å². The van der Waals surface area contributed by atoms with Crippen molar-refractivity contribution < 1.29 is 12.9 Å². The molecule has 0 spiro atoms. The SMILES string of the molecule is Cc1ccccc1-c1ccsc1S(=O)(=O)Nc1onc(C)c1Br. The van der Waals surface area contributed by atoms with E-state index >= 15 is 0 Å². The molecule has 0 bridgehead atoms. The summed E-state index contributed by atoms with van der Waals surface area (Å²) in [5.74, 6) is 0.0756. The number of hydrogen-bond acceptors (Lipinski definition) is 5. The highest BCUT2D eigenvalue weighted by atomic mass is 79.9. The number of nitrogens with zero attached hydrogens (tertiary/aromatic N) is 1. The fourth-order valence-electron chi connectivity index (χ4n) is 2.17. The van der Waals surface area contributed by atoms with Gasteiger partial charge in [-0.1, -0.05) is 29.4 Å². The lowest BCUT2D eigenvalue weighted by Gasteiger charge is -2.08. The molecule has 0 aliphatic carbocycles. The van der Waals surface area contributed by atoms with Crippen LogP contribution < -0.4 is 4.72 Å². The zero-order valence-electron chi connectivity index (χ0n) is 12.3. The van der Waals surface area contributed by atoms with E-state index in [2.05, 4.69) is 25.8 Å². The monoisotopic (exact) mass is 412 g/mol. The van der Waals surface area contributed by atoms with Crippen molar-refractivity contribution in [1.82, 2.24) is 5.16 Å². The number of hydrogen-bond donors (Lipinski definition) is 1. The fraction of sp³-hybridized carbons (Fsp3) is 0.133. The zero-order chi connectivity index (χ0) is 16.6. The highest BCUT2D eigenvalue weighted by Crippen LogP contribution is 2.36. The first-order valence-corrected chi connectivity index (χ1v) is 9.84. The molecule has 0 saturated carbocycles. The first-order chi connectivity index (χ1) is 10.9. The molecule has 0 fully saturated rings. The van der Waals surface area contributed by atoms with Gasteiger partial charge in [0.2, 0.25) is 0 Å². The minimum atomic E-state index is -3.77. The Morgan fingerprint density at radius 3 is 2.57 bits per heavy atom. The summed E-state index contributed by atoms with van der Waals surface area (Å²) in [5.41, 5.74) is 3.15. The summed E-state index contributed by atoms with van der Waals surface area (Å²) in [6.45, 7) is 3.67. The van der Waals surface area contributed by atoms with Crippen LogP contribution in [0.25, 0.3) is 11.1 Å². The van der Waals surface area contributed by atoms with Crippen LogP contribution in [-0.2, 0) is 10.0 Å². The van der Waals surface area contributed by atoms with Crippen molar-refractivity contribution in [1.29, 1.82) is 0 Å². The van der Waals surface area contributed by atoms with Crippen molar-refractivity contribution in [2.75, 3.05) is 4.72 Å². The van der Waals surface area contributed by atoms with Crippen molar-refractivity contribution >= 4 is 43.2 Å². The predicted octanol–water partition coefficient (Wildman–Crippen LogP) is 4.58. The van der Waals surface area contributed by atoms with E-state index < -0.39 is 10.0 Å². The number of sulfonamides is 1. The van der Waals surface area contributed by atoms with Crippen molar-refractivity contribution in [3.63, 3.8) is 0 Å². The van der Waals surface area contributed by atoms with Gasteiger partial charge in [-0.05, 0) is 52.4 Å². The maximum atomic E-state index is 12.7. The Bertz CT molecular complexity index is 961. The molecule has 0 saturated heterocycles. The standard InChI is InChI=1S/C15H13BrN2O3S2/c1-9-5-3-4-6-11(9)12-7-8-22-15(12)23(19,20)18-14-13(16)10(2)17-21-14/h3-8,18H,1-2H3. The van der Waals surface area contributed by atoms with E-state index in [9.17, 15) is 8.42 Å². The number of anilines is 1. The molecule has 23 heavy (non-hydrogen) atoms. The Labute approximate surface area is 146 Å². The van der Waals surface area contributed by atoms with Crippen molar-refractivity contribution in [3.05, 3.63) is 51.4 Å². The maximum absolute atomic E-state index is 12.7. The first kappa shape index (κ1) is 16.2. The number of aromatic nitrogens is 1. The molecule has 0 aliphatic heterocycles. The minimum absolute atomic E-state index is 0.0756. The second kappa shape index (κ2) is 6.10. The lowest BCUT2D eigenvalue weighted by Crippen LogP contribution is -2.12. The Hall–Kier alpha value is -1.64. The third-order valence-electron chi connectivity index (χ3n) is 3.33. The fourth-order valence-corrected chi connectivity index (χ4v) is 4.92. The average Bonchev–Trinajstić information content (AvgIpc) is 3.11. The molecule has 0 radical (unpaired) electrons. The summed E-state index contributed by atoms with van der Waals surface area (Å²) >= 11 is 4.43. The highest BCUT2D eigenvalue weighted by molar-refractivity contribution is 9.10. The van der Waals surface area contributed by atoms with Gasteiger partial charge in [0.1, 0.15) is 8.68 Å². The lowest BCUT2D eigenvalue weighted by atomic mass is 10.0. The number of aryl methyl sites for hydroxylation is 2. The van der Waals surface area contributed by atoms with Crippen LogP contribution in [0.1, 0.15) is 11.3 Å². The molecule has 2 aromatic heterocycles. The minimum Gasteiger partial charge on any atom is -0.336 e. The van der Waals surface area contributed by atoms with Crippen LogP contribution in [0.4, 0.5) is 5.88 Å². The molecule has 0 atom stereocenters.